The molecule has 0 aromatic carbocycles. The van der Waals surface area contributed by atoms with Gasteiger partial charge in [-0.25, -0.2) is 0 Å². The van der Waals surface area contributed by atoms with Gasteiger partial charge in [0.2, 0.25) is 0 Å². The third kappa shape index (κ3) is 6.90. The van der Waals surface area contributed by atoms with Gasteiger partial charge in [-0.05, 0) is 6.32 Å². The Morgan fingerprint density at radius 2 is 1.88 bits per heavy atom. The van der Waals surface area contributed by atoms with E-state index in [9.17, 15) is 0 Å². The van der Waals surface area contributed by atoms with Gasteiger partial charge in [-0.15, -0.1) is 0 Å². The fraction of sp³-hybridized carbons (Fsp3) is 1.00. The van der Waals surface area contributed by atoms with Crippen molar-refractivity contribution in [3.63, 3.8) is 0 Å². The van der Waals surface area contributed by atoms with Crippen LogP contribution in [0.25, 0.3) is 0 Å². The molecule has 0 saturated heterocycles. The molecule has 0 atom stereocenters. The summed E-state index contributed by atoms with van der Waals surface area (Å²) in [4.78, 5) is 0. The second kappa shape index (κ2) is 4.75. The maximum absolute atomic E-state index is 8.29. The summed E-state index contributed by atoms with van der Waals surface area (Å²) in [7, 11) is -1.22. The highest BCUT2D eigenvalue weighted by atomic mass is 79.9. The van der Waals surface area contributed by atoms with Crippen molar-refractivity contribution in [1.29, 1.82) is 0 Å². The minimum atomic E-state index is -1.22. The Hall–Kier alpha value is 0.905. The first-order chi connectivity index (χ1) is 3.63. The fourth-order valence-corrected chi connectivity index (χ4v) is 0.623. The van der Waals surface area contributed by atoms with E-state index in [1.165, 1.54) is 2.95 Å². The summed E-state index contributed by atoms with van der Waals surface area (Å²) in [5.74, 6) is 0. The van der Waals surface area contributed by atoms with Crippen molar-refractivity contribution in [2.45, 2.75) is 6.32 Å². The molecule has 0 unspecified atom stereocenters. The maximum atomic E-state index is 8.29. The minimum absolute atomic E-state index is 0.330. The molecule has 6 heteroatoms. The van der Waals surface area contributed by atoms with Crippen LogP contribution in [0.1, 0.15) is 0 Å². The number of hydrogen-bond acceptors (Lipinski definition) is 3. The van der Waals surface area contributed by atoms with E-state index < -0.39 is 7.12 Å². The van der Waals surface area contributed by atoms with Crippen molar-refractivity contribution < 1.29 is 10.0 Å². The lowest BCUT2D eigenvalue weighted by Gasteiger charge is -2.01. The van der Waals surface area contributed by atoms with E-state index in [4.69, 9.17) is 10.0 Å². The van der Waals surface area contributed by atoms with Crippen LogP contribution in [0.3, 0.4) is 0 Å². The zero-order chi connectivity index (χ0) is 6.57. The van der Waals surface area contributed by atoms with Gasteiger partial charge in [0.15, 0.2) is 0 Å². The molecule has 48 valence electrons. The Bertz CT molecular complexity index is 54.0. The van der Waals surface area contributed by atoms with Crippen LogP contribution in [0.15, 0.2) is 0 Å². The molecule has 0 aliphatic heterocycles. The van der Waals surface area contributed by atoms with Crippen LogP contribution in [0, 0.1) is 0 Å². The molecule has 0 rings (SSSR count). The molecule has 0 aliphatic rings. The number of rotatable bonds is 3. The van der Waals surface area contributed by atoms with Gasteiger partial charge >= 0.3 is 7.12 Å². The van der Waals surface area contributed by atoms with E-state index in [1.807, 2.05) is 0 Å². The quantitative estimate of drug-likeness (QED) is 0.559. The van der Waals surface area contributed by atoms with Gasteiger partial charge in [-0.1, -0.05) is 0 Å². The van der Waals surface area contributed by atoms with Crippen LogP contribution >= 0.6 is 32.3 Å². The molecule has 0 saturated carbocycles. The van der Waals surface area contributed by atoms with Crippen LogP contribution in [-0.4, -0.2) is 26.7 Å². The van der Waals surface area contributed by atoms with E-state index in [1.54, 1.807) is 0 Å². The molecule has 0 bridgehead atoms. The molecule has 0 heterocycles. The van der Waals surface area contributed by atoms with E-state index >= 15 is 0 Å². The molecule has 0 aliphatic carbocycles. The first kappa shape index (κ1) is 8.90. The highest BCUT2D eigenvalue weighted by Gasteiger charge is 2.06. The second-order valence-corrected chi connectivity index (χ2v) is 3.96. The summed E-state index contributed by atoms with van der Waals surface area (Å²) in [5.41, 5.74) is 0. The third-order valence-electron chi connectivity index (χ3n) is 0.556. The molecule has 3 nitrogen and oxygen atoms in total. The minimum Gasteiger partial charge on any atom is -0.427 e. The Morgan fingerprint density at radius 1 is 1.38 bits per heavy atom. The van der Waals surface area contributed by atoms with Gasteiger partial charge in [0.25, 0.3) is 0 Å². The Morgan fingerprint density at radius 3 is 2.00 bits per heavy atom. The van der Waals surface area contributed by atoms with Gasteiger partial charge in [-0.3, -0.25) is 0 Å². The lowest BCUT2D eigenvalue weighted by molar-refractivity contribution is 0.403. The molecular formula is C2H6BBr2NO2. The molecule has 8 heavy (non-hydrogen) atoms. The first-order valence-corrected chi connectivity index (χ1v) is 3.50. The van der Waals surface area contributed by atoms with Crippen molar-refractivity contribution in [2.24, 2.45) is 0 Å². The van der Waals surface area contributed by atoms with Gasteiger partial charge in [0, 0.05) is 38.8 Å². The molecule has 0 radical (unpaired) electrons. The van der Waals surface area contributed by atoms with Crippen molar-refractivity contribution in [2.75, 3.05) is 6.54 Å². The van der Waals surface area contributed by atoms with Gasteiger partial charge < -0.3 is 10.0 Å². The number of halogens is 2. The molecule has 0 fully saturated rings. The third-order valence-corrected chi connectivity index (χ3v) is 1.27. The Balaban J connectivity index is 2.93. The van der Waals surface area contributed by atoms with Gasteiger partial charge in [0.1, 0.15) is 0 Å². The Labute approximate surface area is 65.5 Å². The molecule has 0 aromatic heterocycles. The molecule has 0 amide bonds. The summed E-state index contributed by atoms with van der Waals surface area (Å²) in [5, 5.41) is 16.6. The zero-order valence-electron chi connectivity index (χ0n) is 4.09. The van der Waals surface area contributed by atoms with Crippen molar-refractivity contribution in [1.82, 2.24) is 2.95 Å². The Kier molecular flexibility index (Phi) is 5.29. The van der Waals surface area contributed by atoms with Crippen LogP contribution in [0.2, 0.25) is 6.32 Å². The van der Waals surface area contributed by atoms with Crippen molar-refractivity contribution in [3.05, 3.63) is 0 Å². The monoisotopic (exact) mass is 245 g/mol. The zero-order valence-corrected chi connectivity index (χ0v) is 7.26. The molecule has 0 aromatic rings. The lowest BCUT2D eigenvalue weighted by Crippen LogP contribution is -2.15. The fourth-order valence-electron chi connectivity index (χ4n) is 0.213. The smallest absolute Gasteiger partial charge is 0.427 e. The highest BCUT2D eigenvalue weighted by molar-refractivity contribution is 9.21. The van der Waals surface area contributed by atoms with E-state index in [0.717, 1.165) is 0 Å². The van der Waals surface area contributed by atoms with Crippen molar-refractivity contribution in [3.8, 4) is 0 Å². The first-order valence-electron chi connectivity index (χ1n) is 2.08. The largest absolute Gasteiger partial charge is 0.452 e. The van der Waals surface area contributed by atoms with E-state index in [2.05, 4.69) is 32.3 Å². The standard InChI is InChI=1S/C2H6BBr2NO2/c4-6(5)2-1-3(7)8/h7-8H,1-2H2. The summed E-state index contributed by atoms with van der Waals surface area (Å²) in [6, 6.07) is 0. The van der Waals surface area contributed by atoms with Crippen LogP contribution in [-0.2, 0) is 0 Å². The molecule has 2 N–H and O–H groups in total. The summed E-state index contributed by atoms with van der Waals surface area (Å²) in [6.07, 6.45) is 0.330. The average molecular weight is 247 g/mol. The predicted octanol–water partition coefficient (Wildman–Crippen LogP) is 0.381. The van der Waals surface area contributed by atoms with Crippen LogP contribution < -0.4 is 0 Å². The highest BCUT2D eigenvalue weighted by Crippen LogP contribution is 2.05. The summed E-state index contributed by atoms with van der Waals surface area (Å²) >= 11 is 6.06. The van der Waals surface area contributed by atoms with E-state index in [-0.39, 0.29) is 0 Å². The lowest BCUT2D eigenvalue weighted by atomic mass is 9.87. The normalized spacial score (nSPS) is 10.1. The van der Waals surface area contributed by atoms with Crippen molar-refractivity contribution >= 4 is 39.4 Å². The second-order valence-electron chi connectivity index (χ2n) is 1.30. The molecular weight excluding hydrogens is 241 g/mol. The van der Waals surface area contributed by atoms with Crippen LogP contribution in [0.4, 0.5) is 0 Å². The summed E-state index contributed by atoms with van der Waals surface area (Å²) in [6.45, 7) is 0.553. The topological polar surface area (TPSA) is 43.7 Å². The number of hydrogen-bond donors (Lipinski definition) is 2. The maximum Gasteiger partial charge on any atom is 0.452 e. The van der Waals surface area contributed by atoms with Gasteiger partial charge in [-0.2, -0.15) is 2.95 Å². The summed E-state index contributed by atoms with van der Waals surface area (Å²) < 4.78 is 1.53. The average Bonchev–Trinajstić information content (AvgIpc) is 1.61. The van der Waals surface area contributed by atoms with E-state index in [0.29, 0.717) is 12.9 Å². The van der Waals surface area contributed by atoms with Gasteiger partial charge in [0.05, 0.1) is 0 Å². The van der Waals surface area contributed by atoms with Crippen LogP contribution in [0.5, 0.6) is 0 Å². The SMILES string of the molecule is OB(O)CCN(Br)Br. The number of nitrogens with zero attached hydrogens (tertiary/aromatic N) is 1. The molecule has 0 spiro atoms. The predicted molar refractivity (Wildman–Crippen MR) is 39.6 cm³/mol.